The fourth-order valence-corrected chi connectivity index (χ4v) is 2.94. The Bertz CT molecular complexity index is 484. The van der Waals surface area contributed by atoms with Crippen molar-refractivity contribution in [1.29, 1.82) is 0 Å². The average molecular weight is 274 g/mol. The van der Waals surface area contributed by atoms with E-state index in [1.54, 1.807) is 7.05 Å². The molecule has 110 valence electrons. The van der Waals surface area contributed by atoms with Crippen LogP contribution in [0.1, 0.15) is 55.5 Å². The summed E-state index contributed by atoms with van der Waals surface area (Å²) in [7, 11) is 1.67. The van der Waals surface area contributed by atoms with Gasteiger partial charge in [0.1, 0.15) is 0 Å². The molecule has 1 aromatic carbocycles. The lowest BCUT2D eigenvalue weighted by Gasteiger charge is -2.35. The molecule has 0 atom stereocenters. The molecule has 1 aliphatic carbocycles. The summed E-state index contributed by atoms with van der Waals surface area (Å²) in [4.78, 5) is 11.8. The molecule has 1 amide bonds. The first kappa shape index (κ1) is 14.9. The third-order valence-corrected chi connectivity index (χ3v) is 4.50. The van der Waals surface area contributed by atoms with Crippen LogP contribution in [0.5, 0.6) is 0 Å². The van der Waals surface area contributed by atoms with Gasteiger partial charge in [-0.1, -0.05) is 19.9 Å². The van der Waals surface area contributed by atoms with E-state index >= 15 is 0 Å². The molecule has 3 nitrogen and oxygen atoms in total. The van der Waals surface area contributed by atoms with E-state index in [-0.39, 0.29) is 5.91 Å². The van der Waals surface area contributed by atoms with Crippen molar-refractivity contribution in [2.45, 2.75) is 52.5 Å². The fraction of sp³-hybridized carbons (Fsp3) is 0.588. The van der Waals surface area contributed by atoms with E-state index in [1.165, 1.54) is 25.7 Å². The normalized spacial score (nSPS) is 18.6. The molecular formula is C17H26N2O. The minimum absolute atomic E-state index is 0.0177. The van der Waals surface area contributed by atoms with Crippen molar-refractivity contribution in [3.8, 4) is 0 Å². The first-order valence-electron chi connectivity index (χ1n) is 7.51. The maximum Gasteiger partial charge on any atom is 0.251 e. The van der Waals surface area contributed by atoms with Gasteiger partial charge in [-0.05, 0) is 55.7 Å². The van der Waals surface area contributed by atoms with Gasteiger partial charge in [0.05, 0.1) is 0 Å². The van der Waals surface area contributed by atoms with Gasteiger partial charge < -0.3 is 10.6 Å². The van der Waals surface area contributed by atoms with E-state index in [2.05, 4.69) is 30.5 Å². The molecule has 0 aromatic heterocycles. The van der Waals surface area contributed by atoms with Crippen LogP contribution >= 0.6 is 0 Å². The molecule has 0 bridgehead atoms. The molecular weight excluding hydrogens is 248 g/mol. The number of anilines is 1. The van der Waals surface area contributed by atoms with Gasteiger partial charge in [-0.25, -0.2) is 0 Å². The van der Waals surface area contributed by atoms with Crippen LogP contribution in [0.2, 0.25) is 0 Å². The summed E-state index contributed by atoms with van der Waals surface area (Å²) in [6.45, 7) is 6.71. The quantitative estimate of drug-likeness (QED) is 0.881. The van der Waals surface area contributed by atoms with Crippen LogP contribution in [0, 0.1) is 12.3 Å². The molecule has 0 radical (unpaired) electrons. The lowest BCUT2D eigenvalue weighted by atomic mass is 9.75. The molecule has 0 unspecified atom stereocenters. The summed E-state index contributed by atoms with van der Waals surface area (Å²) in [6.07, 6.45) is 4.94. The first-order valence-corrected chi connectivity index (χ1v) is 7.51. The molecule has 2 rings (SSSR count). The van der Waals surface area contributed by atoms with Gasteiger partial charge in [-0.3, -0.25) is 4.79 Å². The van der Waals surface area contributed by atoms with Crippen LogP contribution in [0.3, 0.4) is 0 Å². The van der Waals surface area contributed by atoms with E-state index in [0.717, 1.165) is 16.8 Å². The SMILES string of the molecule is CNC(=O)c1cccc(NC2CCC(C)(C)CC2)c1C. The van der Waals surface area contributed by atoms with Gasteiger partial charge in [0.25, 0.3) is 5.91 Å². The number of amides is 1. The summed E-state index contributed by atoms with van der Waals surface area (Å²) in [5, 5.41) is 6.32. The van der Waals surface area contributed by atoms with Crippen LogP contribution < -0.4 is 10.6 Å². The number of nitrogens with one attached hydrogen (secondary N) is 2. The maximum atomic E-state index is 11.8. The summed E-state index contributed by atoms with van der Waals surface area (Å²) < 4.78 is 0. The third kappa shape index (κ3) is 3.33. The van der Waals surface area contributed by atoms with Gasteiger partial charge in [0.15, 0.2) is 0 Å². The number of hydrogen-bond acceptors (Lipinski definition) is 2. The van der Waals surface area contributed by atoms with Crippen LogP contribution in [-0.4, -0.2) is 19.0 Å². The van der Waals surface area contributed by atoms with E-state index in [4.69, 9.17) is 0 Å². The summed E-state index contributed by atoms with van der Waals surface area (Å²) in [5.41, 5.74) is 3.37. The number of rotatable bonds is 3. The summed E-state index contributed by atoms with van der Waals surface area (Å²) in [5.74, 6) is -0.0177. The monoisotopic (exact) mass is 274 g/mol. The molecule has 1 aliphatic rings. The molecule has 1 aromatic rings. The van der Waals surface area contributed by atoms with Gasteiger partial charge in [-0.15, -0.1) is 0 Å². The van der Waals surface area contributed by atoms with E-state index in [0.29, 0.717) is 11.5 Å². The van der Waals surface area contributed by atoms with Gasteiger partial charge >= 0.3 is 0 Å². The zero-order valence-electron chi connectivity index (χ0n) is 13.0. The largest absolute Gasteiger partial charge is 0.382 e. The third-order valence-electron chi connectivity index (χ3n) is 4.50. The summed E-state index contributed by atoms with van der Waals surface area (Å²) >= 11 is 0. The zero-order valence-corrected chi connectivity index (χ0v) is 13.0. The Balaban J connectivity index is 2.09. The van der Waals surface area contributed by atoms with Crippen LogP contribution in [0.25, 0.3) is 0 Å². The smallest absolute Gasteiger partial charge is 0.251 e. The Labute approximate surface area is 122 Å². The van der Waals surface area contributed by atoms with Crippen LogP contribution in [0.15, 0.2) is 18.2 Å². The van der Waals surface area contributed by atoms with Crippen molar-refractivity contribution >= 4 is 11.6 Å². The summed E-state index contributed by atoms with van der Waals surface area (Å²) in [6, 6.07) is 6.43. The standard InChI is InChI=1S/C17H26N2O/c1-12-14(16(20)18-4)6-5-7-15(12)19-13-8-10-17(2,3)11-9-13/h5-7,13,19H,8-11H2,1-4H3,(H,18,20). The molecule has 3 heteroatoms. The predicted molar refractivity (Wildman–Crippen MR) is 84.2 cm³/mol. The van der Waals surface area contributed by atoms with Crippen molar-refractivity contribution in [1.82, 2.24) is 5.32 Å². The van der Waals surface area contributed by atoms with E-state index in [9.17, 15) is 4.79 Å². The Morgan fingerprint density at radius 2 is 1.90 bits per heavy atom. The molecule has 0 aliphatic heterocycles. The second kappa shape index (κ2) is 5.86. The second-order valence-corrected chi connectivity index (χ2v) is 6.64. The highest BCUT2D eigenvalue weighted by Crippen LogP contribution is 2.36. The van der Waals surface area contributed by atoms with Crippen LogP contribution in [-0.2, 0) is 0 Å². The van der Waals surface area contributed by atoms with Gasteiger partial charge in [0.2, 0.25) is 0 Å². The fourth-order valence-electron chi connectivity index (χ4n) is 2.94. The molecule has 2 N–H and O–H groups in total. The molecule has 1 fully saturated rings. The van der Waals surface area contributed by atoms with Crippen LogP contribution in [0.4, 0.5) is 5.69 Å². The maximum absolute atomic E-state index is 11.8. The molecule has 0 heterocycles. The van der Waals surface area contributed by atoms with E-state index < -0.39 is 0 Å². The highest BCUT2D eigenvalue weighted by molar-refractivity contribution is 5.96. The highest BCUT2D eigenvalue weighted by atomic mass is 16.1. The Morgan fingerprint density at radius 3 is 2.50 bits per heavy atom. The Morgan fingerprint density at radius 1 is 1.25 bits per heavy atom. The van der Waals surface area contributed by atoms with Crippen molar-refractivity contribution in [2.75, 3.05) is 12.4 Å². The lowest BCUT2D eigenvalue weighted by molar-refractivity contribution is 0.0962. The lowest BCUT2D eigenvalue weighted by Crippen LogP contribution is -2.30. The van der Waals surface area contributed by atoms with Crippen molar-refractivity contribution in [3.63, 3.8) is 0 Å². The second-order valence-electron chi connectivity index (χ2n) is 6.64. The van der Waals surface area contributed by atoms with Crippen molar-refractivity contribution < 1.29 is 4.79 Å². The average Bonchev–Trinajstić information content (AvgIpc) is 2.42. The number of benzene rings is 1. The molecule has 20 heavy (non-hydrogen) atoms. The predicted octanol–water partition coefficient (Wildman–Crippen LogP) is 3.74. The highest BCUT2D eigenvalue weighted by Gasteiger charge is 2.27. The minimum atomic E-state index is -0.0177. The molecule has 1 saturated carbocycles. The molecule has 0 saturated heterocycles. The minimum Gasteiger partial charge on any atom is -0.382 e. The first-order chi connectivity index (χ1) is 9.43. The van der Waals surface area contributed by atoms with Crippen molar-refractivity contribution in [3.05, 3.63) is 29.3 Å². The van der Waals surface area contributed by atoms with E-state index in [1.807, 2.05) is 19.1 Å². The van der Waals surface area contributed by atoms with Gasteiger partial charge in [-0.2, -0.15) is 0 Å². The van der Waals surface area contributed by atoms with Gasteiger partial charge in [0, 0.05) is 24.3 Å². The topological polar surface area (TPSA) is 41.1 Å². The van der Waals surface area contributed by atoms with Crippen molar-refractivity contribution in [2.24, 2.45) is 5.41 Å². The molecule has 0 spiro atoms. The Kier molecular flexibility index (Phi) is 4.36. The number of hydrogen-bond donors (Lipinski definition) is 2. The zero-order chi connectivity index (χ0) is 14.8. The number of carbonyl (C=O) groups is 1. The Hall–Kier alpha value is -1.51. The number of carbonyl (C=O) groups excluding carboxylic acids is 1.